The first-order chi connectivity index (χ1) is 11.8. The van der Waals surface area contributed by atoms with Crippen molar-refractivity contribution < 1.29 is 9.53 Å². The molecule has 0 aliphatic heterocycles. The zero-order valence-electron chi connectivity index (χ0n) is 13.5. The van der Waals surface area contributed by atoms with E-state index in [1.54, 1.807) is 12.1 Å². The van der Waals surface area contributed by atoms with Crippen LogP contribution < -0.4 is 5.32 Å². The van der Waals surface area contributed by atoms with E-state index in [1.807, 2.05) is 42.5 Å². The summed E-state index contributed by atoms with van der Waals surface area (Å²) in [5.74, 6) is -0.322. The molecule has 0 amide bonds. The maximum atomic E-state index is 11.6. The van der Waals surface area contributed by atoms with Crippen molar-refractivity contribution in [2.45, 2.75) is 6.54 Å². The molecule has 3 aromatic carbocycles. The van der Waals surface area contributed by atoms with Gasteiger partial charge in [0.15, 0.2) is 0 Å². The number of nitrogens with one attached hydrogen (secondary N) is 1. The van der Waals surface area contributed by atoms with E-state index in [0.717, 1.165) is 23.4 Å². The minimum atomic E-state index is -0.322. The number of hydrogen-bond acceptors (Lipinski definition) is 3. The molecule has 0 aromatic heterocycles. The molecule has 120 valence electrons. The Kier molecular flexibility index (Phi) is 4.92. The molecule has 3 aromatic rings. The molecule has 3 heteroatoms. The third-order valence-electron chi connectivity index (χ3n) is 3.87. The van der Waals surface area contributed by atoms with Gasteiger partial charge in [0.05, 0.1) is 12.7 Å². The molecular formula is C21H19NO2. The van der Waals surface area contributed by atoms with E-state index in [0.29, 0.717) is 5.56 Å². The maximum Gasteiger partial charge on any atom is 0.337 e. The Morgan fingerprint density at radius 3 is 2.25 bits per heavy atom. The quantitative estimate of drug-likeness (QED) is 0.690. The van der Waals surface area contributed by atoms with Crippen molar-refractivity contribution in [3.8, 4) is 11.1 Å². The third kappa shape index (κ3) is 3.63. The Balaban J connectivity index is 1.82. The number of carbonyl (C=O) groups excluding carboxylic acids is 1. The number of carbonyl (C=O) groups is 1. The number of para-hydroxylation sites is 1. The molecule has 24 heavy (non-hydrogen) atoms. The third-order valence-corrected chi connectivity index (χ3v) is 3.87. The van der Waals surface area contributed by atoms with Crippen molar-refractivity contribution in [2.24, 2.45) is 0 Å². The Labute approximate surface area is 141 Å². The summed E-state index contributed by atoms with van der Waals surface area (Å²) < 4.78 is 4.74. The van der Waals surface area contributed by atoms with Gasteiger partial charge < -0.3 is 10.1 Å². The summed E-state index contributed by atoms with van der Waals surface area (Å²) in [4.78, 5) is 11.6. The summed E-state index contributed by atoms with van der Waals surface area (Å²) in [5, 5.41) is 3.48. The fourth-order valence-electron chi connectivity index (χ4n) is 2.59. The van der Waals surface area contributed by atoms with Crippen LogP contribution in [0.15, 0.2) is 78.9 Å². The van der Waals surface area contributed by atoms with Crippen molar-refractivity contribution in [2.75, 3.05) is 12.4 Å². The smallest absolute Gasteiger partial charge is 0.337 e. The standard InChI is InChI=1S/C21H19NO2/c1-24-21(23)18-13-11-17(12-14-18)19-9-5-6-10-20(19)22-15-16-7-3-2-4-8-16/h2-14,22H,15H2,1H3. The Bertz CT molecular complexity index is 811. The topological polar surface area (TPSA) is 38.3 Å². The highest BCUT2D eigenvalue weighted by atomic mass is 16.5. The largest absolute Gasteiger partial charge is 0.465 e. The highest BCUT2D eigenvalue weighted by Gasteiger charge is 2.08. The summed E-state index contributed by atoms with van der Waals surface area (Å²) in [7, 11) is 1.39. The minimum Gasteiger partial charge on any atom is -0.465 e. The van der Waals surface area contributed by atoms with E-state index >= 15 is 0 Å². The van der Waals surface area contributed by atoms with E-state index in [2.05, 4.69) is 29.6 Å². The zero-order chi connectivity index (χ0) is 16.8. The number of methoxy groups -OCH3 is 1. The molecule has 0 aliphatic rings. The molecule has 0 radical (unpaired) electrons. The molecule has 1 N–H and O–H groups in total. The fraction of sp³-hybridized carbons (Fsp3) is 0.0952. The first kappa shape index (κ1) is 15.8. The van der Waals surface area contributed by atoms with Gasteiger partial charge >= 0.3 is 5.97 Å². The van der Waals surface area contributed by atoms with Gasteiger partial charge in [-0.3, -0.25) is 0 Å². The number of rotatable bonds is 5. The zero-order valence-corrected chi connectivity index (χ0v) is 13.5. The molecule has 0 atom stereocenters. The van der Waals surface area contributed by atoms with Crippen molar-refractivity contribution in [1.29, 1.82) is 0 Å². The van der Waals surface area contributed by atoms with E-state index in [9.17, 15) is 4.79 Å². The molecule has 0 aliphatic carbocycles. The molecule has 3 rings (SSSR count). The lowest BCUT2D eigenvalue weighted by atomic mass is 10.0. The Hall–Kier alpha value is -3.07. The van der Waals surface area contributed by atoms with Crippen LogP contribution in [-0.2, 0) is 11.3 Å². The predicted octanol–water partition coefficient (Wildman–Crippen LogP) is 4.75. The highest BCUT2D eigenvalue weighted by molar-refractivity contribution is 5.90. The SMILES string of the molecule is COC(=O)c1ccc(-c2ccccc2NCc2ccccc2)cc1. The summed E-state index contributed by atoms with van der Waals surface area (Å²) in [5.41, 5.74) is 5.00. The van der Waals surface area contributed by atoms with Gasteiger partial charge in [0, 0.05) is 17.8 Å². The molecule has 0 spiro atoms. The number of hydrogen-bond donors (Lipinski definition) is 1. The lowest BCUT2D eigenvalue weighted by Gasteiger charge is -2.13. The Morgan fingerprint density at radius 2 is 1.54 bits per heavy atom. The van der Waals surface area contributed by atoms with Crippen LogP contribution in [0, 0.1) is 0 Å². The second-order valence-corrected chi connectivity index (χ2v) is 5.45. The molecule has 3 nitrogen and oxygen atoms in total. The van der Waals surface area contributed by atoms with Crippen molar-refractivity contribution in [1.82, 2.24) is 0 Å². The van der Waals surface area contributed by atoms with Gasteiger partial charge in [0.2, 0.25) is 0 Å². The van der Waals surface area contributed by atoms with Gasteiger partial charge in [-0.2, -0.15) is 0 Å². The molecule has 0 saturated carbocycles. The molecule has 0 fully saturated rings. The van der Waals surface area contributed by atoms with Gasteiger partial charge in [0.1, 0.15) is 0 Å². The molecule has 0 saturated heterocycles. The summed E-state index contributed by atoms with van der Waals surface area (Å²) in [6.07, 6.45) is 0. The van der Waals surface area contributed by atoms with Crippen LogP contribution in [0.3, 0.4) is 0 Å². The molecule has 0 heterocycles. The van der Waals surface area contributed by atoms with Crippen molar-refractivity contribution in [3.05, 3.63) is 90.0 Å². The number of ether oxygens (including phenoxy) is 1. The average molecular weight is 317 g/mol. The van der Waals surface area contributed by atoms with Gasteiger partial charge in [-0.15, -0.1) is 0 Å². The summed E-state index contributed by atoms with van der Waals surface area (Å²) in [6, 6.07) is 25.9. The summed E-state index contributed by atoms with van der Waals surface area (Å²) in [6.45, 7) is 0.762. The van der Waals surface area contributed by atoms with E-state index in [4.69, 9.17) is 4.74 Å². The normalized spacial score (nSPS) is 10.2. The molecular weight excluding hydrogens is 298 g/mol. The number of benzene rings is 3. The van der Waals surface area contributed by atoms with Crippen LogP contribution in [0.5, 0.6) is 0 Å². The maximum absolute atomic E-state index is 11.6. The van der Waals surface area contributed by atoms with Crippen molar-refractivity contribution >= 4 is 11.7 Å². The molecule has 0 bridgehead atoms. The van der Waals surface area contributed by atoms with Gasteiger partial charge in [-0.25, -0.2) is 4.79 Å². The van der Waals surface area contributed by atoms with Crippen LogP contribution in [-0.4, -0.2) is 13.1 Å². The minimum absolute atomic E-state index is 0.322. The fourth-order valence-corrected chi connectivity index (χ4v) is 2.59. The van der Waals surface area contributed by atoms with E-state index in [1.165, 1.54) is 12.7 Å². The number of anilines is 1. The first-order valence-electron chi connectivity index (χ1n) is 7.83. The van der Waals surface area contributed by atoms with Gasteiger partial charge in [-0.05, 0) is 29.3 Å². The van der Waals surface area contributed by atoms with Crippen LogP contribution >= 0.6 is 0 Å². The second kappa shape index (κ2) is 7.47. The lowest BCUT2D eigenvalue weighted by Crippen LogP contribution is -2.02. The van der Waals surface area contributed by atoms with Gasteiger partial charge in [0.25, 0.3) is 0 Å². The van der Waals surface area contributed by atoms with Crippen LogP contribution in [0.1, 0.15) is 15.9 Å². The monoisotopic (exact) mass is 317 g/mol. The van der Waals surface area contributed by atoms with E-state index < -0.39 is 0 Å². The first-order valence-corrected chi connectivity index (χ1v) is 7.83. The second-order valence-electron chi connectivity index (χ2n) is 5.45. The summed E-state index contributed by atoms with van der Waals surface area (Å²) >= 11 is 0. The van der Waals surface area contributed by atoms with Crippen molar-refractivity contribution in [3.63, 3.8) is 0 Å². The molecule has 0 unspecified atom stereocenters. The predicted molar refractivity (Wildman–Crippen MR) is 97.0 cm³/mol. The highest BCUT2D eigenvalue weighted by Crippen LogP contribution is 2.28. The van der Waals surface area contributed by atoms with Crippen LogP contribution in [0.4, 0.5) is 5.69 Å². The van der Waals surface area contributed by atoms with Gasteiger partial charge in [-0.1, -0.05) is 60.7 Å². The lowest BCUT2D eigenvalue weighted by molar-refractivity contribution is 0.0601. The number of esters is 1. The van der Waals surface area contributed by atoms with E-state index in [-0.39, 0.29) is 5.97 Å². The van der Waals surface area contributed by atoms with Crippen LogP contribution in [0.2, 0.25) is 0 Å². The average Bonchev–Trinajstić information content (AvgIpc) is 2.67. The Morgan fingerprint density at radius 1 is 0.875 bits per heavy atom. The van der Waals surface area contributed by atoms with Crippen LogP contribution in [0.25, 0.3) is 11.1 Å².